The van der Waals surface area contributed by atoms with Gasteiger partial charge in [-0.1, -0.05) is 36.4 Å². The number of aliphatic hydroxyl groups excluding tert-OH is 1. The summed E-state index contributed by atoms with van der Waals surface area (Å²) in [6.45, 7) is 13.4. The van der Waals surface area contributed by atoms with E-state index in [2.05, 4.69) is 30.4 Å². The van der Waals surface area contributed by atoms with Gasteiger partial charge in [0.05, 0.1) is 22.1 Å². The van der Waals surface area contributed by atoms with Crippen molar-refractivity contribution in [3.8, 4) is 0 Å². The van der Waals surface area contributed by atoms with E-state index in [9.17, 15) is 19.5 Å². The standard InChI is InChI=1S/C30H40N6O4S/c1-5-15-33(16-6-2)26(38)23-24-27(39)35(18-10-19-37)25(30(24)14-13-29(23,4)41-30)28(40)34(17-7-3)20-36-22-12-9-8-11-21(22)31-32-36/h5,7-9,11-12,23-25,37H,1,3,6,10,13-20H2,2,4H3/t23-,24-,25?,29+,30?/m0/s1. The van der Waals surface area contributed by atoms with Gasteiger partial charge in [0, 0.05) is 37.5 Å². The molecule has 3 fully saturated rings. The minimum Gasteiger partial charge on any atom is -0.396 e. The highest BCUT2D eigenvalue weighted by molar-refractivity contribution is 8.02. The normalized spacial score (nSPS) is 28.2. The SMILES string of the molecule is C=CCN(Cn1nnc2ccccc21)C(=O)C1N(CCCO)C(=O)[C@@H]2[C@@H](C(=O)N(CC=C)CCC)[C@@]3(C)CCC12S3. The van der Waals surface area contributed by atoms with Crippen LogP contribution in [0.1, 0.15) is 39.5 Å². The molecule has 3 amide bonds. The van der Waals surface area contributed by atoms with Crippen molar-refractivity contribution < 1.29 is 19.5 Å². The van der Waals surface area contributed by atoms with E-state index in [-0.39, 0.29) is 44.1 Å². The minimum absolute atomic E-state index is 0.0334. The number of carbonyl (C=O) groups excluding carboxylic acids is 3. The maximum absolute atomic E-state index is 14.6. The molecule has 0 saturated carbocycles. The fourth-order valence-corrected chi connectivity index (χ4v) is 9.55. The van der Waals surface area contributed by atoms with E-state index in [4.69, 9.17) is 0 Å². The van der Waals surface area contributed by atoms with Crippen LogP contribution in [-0.2, 0) is 21.1 Å². The van der Waals surface area contributed by atoms with Crippen molar-refractivity contribution >= 4 is 40.5 Å². The molecule has 10 nitrogen and oxygen atoms in total. The Labute approximate surface area is 245 Å². The Hall–Kier alpha value is -3.18. The van der Waals surface area contributed by atoms with E-state index in [1.165, 1.54) is 0 Å². The fourth-order valence-electron chi connectivity index (χ4n) is 7.21. The fraction of sp³-hybridized carbons (Fsp3) is 0.567. The van der Waals surface area contributed by atoms with Crippen molar-refractivity contribution in [2.24, 2.45) is 11.8 Å². The molecule has 1 aromatic carbocycles. The number of para-hydroxylation sites is 1. The van der Waals surface area contributed by atoms with Crippen LogP contribution in [0.4, 0.5) is 0 Å². The van der Waals surface area contributed by atoms with Crippen LogP contribution in [-0.4, -0.2) is 101 Å². The molecule has 3 saturated heterocycles. The van der Waals surface area contributed by atoms with Crippen molar-refractivity contribution in [3.63, 3.8) is 0 Å². The molecule has 41 heavy (non-hydrogen) atoms. The molecule has 2 bridgehead atoms. The van der Waals surface area contributed by atoms with Crippen LogP contribution < -0.4 is 0 Å². The highest BCUT2D eigenvalue weighted by atomic mass is 32.2. The second-order valence-electron chi connectivity index (χ2n) is 11.5. The van der Waals surface area contributed by atoms with Gasteiger partial charge >= 0.3 is 0 Å². The van der Waals surface area contributed by atoms with E-state index >= 15 is 0 Å². The Morgan fingerprint density at radius 1 is 1.17 bits per heavy atom. The zero-order valence-electron chi connectivity index (χ0n) is 23.9. The van der Waals surface area contributed by atoms with Gasteiger partial charge in [-0.15, -0.1) is 30.0 Å². The van der Waals surface area contributed by atoms with Crippen molar-refractivity contribution in [2.45, 2.75) is 61.7 Å². The van der Waals surface area contributed by atoms with Crippen LogP contribution in [0.25, 0.3) is 11.0 Å². The van der Waals surface area contributed by atoms with Gasteiger partial charge in [0.1, 0.15) is 18.2 Å². The maximum atomic E-state index is 14.6. The first-order valence-electron chi connectivity index (χ1n) is 14.5. The van der Waals surface area contributed by atoms with E-state index in [1.807, 2.05) is 31.2 Å². The number of hydrogen-bond donors (Lipinski definition) is 1. The summed E-state index contributed by atoms with van der Waals surface area (Å²) in [5, 5.41) is 18.2. The molecule has 3 aliphatic heterocycles. The Morgan fingerprint density at radius 2 is 1.90 bits per heavy atom. The molecule has 3 aliphatic rings. The van der Waals surface area contributed by atoms with Crippen molar-refractivity contribution in [1.82, 2.24) is 29.7 Å². The van der Waals surface area contributed by atoms with E-state index in [1.54, 1.807) is 43.3 Å². The first kappa shape index (κ1) is 29.3. The Balaban J connectivity index is 1.53. The van der Waals surface area contributed by atoms with Crippen LogP contribution in [0.3, 0.4) is 0 Å². The van der Waals surface area contributed by atoms with Crippen LogP contribution in [0, 0.1) is 11.8 Å². The second-order valence-corrected chi connectivity index (χ2v) is 13.4. The van der Waals surface area contributed by atoms with Crippen LogP contribution in [0.5, 0.6) is 0 Å². The van der Waals surface area contributed by atoms with Gasteiger partial charge in [0.15, 0.2) is 0 Å². The minimum atomic E-state index is -0.759. The molecular formula is C30H40N6O4S. The number of aliphatic hydroxyl groups is 1. The van der Waals surface area contributed by atoms with Crippen LogP contribution in [0.15, 0.2) is 49.6 Å². The van der Waals surface area contributed by atoms with Gasteiger partial charge in [0.2, 0.25) is 17.7 Å². The van der Waals surface area contributed by atoms with Gasteiger partial charge in [-0.05, 0) is 44.7 Å². The molecule has 5 rings (SSSR count). The quantitative estimate of drug-likeness (QED) is 0.363. The number of benzene rings is 1. The Morgan fingerprint density at radius 3 is 2.61 bits per heavy atom. The average molecular weight is 581 g/mol. The highest BCUT2D eigenvalue weighted by Gasteiger charge is 2.77. The van der Waals surface area contributed by atoms with Crippen LogP contribution >= 0.6 is 11.8 Å². The number of carbonyl (C=O) groups is 3. The largest absolute Gasteiger partial charge is 0.396 e. The zero-order chi connectivity index (χ0) is 29.4. The molecule has 0 radical (unpaired) electrons. The summed E-state index contributed by atoms with van der Waals surface area (Å²) in [6.07, 6.45) is 5.97. The van der Waals surface area contributed by atoms with E-state index in [0.717, 1.165) is 23.9 Å². The van der Waals surface area contributed by atoms with E-state index in [0.29, 0.717) is 25.9 Å². The maximum Gasteiger partial charge on any atom is 0.248 e. The molecule has 4 heterocycles. The number of aromatic nitrogens is 3. The lowest BCUT2D eigenvalue weighted by molar-refractivity contribution is -0.146. The third-order valence-electron chi connectivity index (χ3n) is 8.87. The molecule has 220 valence electrons. The predicted octanol–water partition coefficient (Wildman–Crippen LogP) is 2.69. The molecule has 11 heteroatoms. The zero-order valence-corrected chi connectivity index (χ0v) is 24.8. The number of rotatable bonds is 13. The van der Waals surface area contributed by atoms with Crippen molar-refractivity contribution in [2.75, 3.05) is 32.8 Å². The lowest BCUT2D eigenvalue weighted by atomic mass is 9.66. The first-order valence-corrected chi connectivity index (χ1v) is 15.3. The summed E-state index contributed by atoms with van der Waals surface area (Å²) < 4.78 is 0.512. The molecule has 0 aliphatic carbocycles. The lowest BCUT2D eigenvalue weighted by Crippen LogP contribution is -2.55. The number of fused-ring (bicyclic) bond motifs is 2. The molecule has 5 atom stereocenters. The molecule has 1 aromatic heterocycles. The summed E-state index contributed by atoms with van der Waals surface area (Å²) in [5.74, 6) is -1.52. The summed E-state index contributed by atoms with van der Waals surface area (Å²) >= 11 is 1.66. The van der Waals surface area contributed by atoms with Crippen molar-refractivity contribution in [1.29, 1.82) is 0 Å². The van der Waals surface area contributed by atoms with Crippen LogP contribution in [0.2, 0.25) is 0 Å². The molecule has 1 spiro atoms. The monoisotopic (exact) mass is 580 g/mol. The van der Waals surface area contributed by atoms with Gasteiger partial charge < -0.3 is 19.8 Å². The Bertz CT molecular complexity index is 1350. The topological polar surface area (TPSA) is 112 Å². The number of amides is 3. The smallest absolute Gasteiger partial charge is 0.248 e. The van der Waals surface area contributed by atoms with Gasteiger partial charge in [-0.2, -0.15) is 0 Å². The first-order chi connectivity index (χ1) is 19.8. The number of hydrogen-bond acceptors (Lipinski definition) is 7. The van der Waals surface area contributed by atoms with Crippen molar-refractivity contribution in [3.05, 3.63) is 49.6 Å². The number of likely N-dealkylation sites (tertiary alicyclic amines) is 1. The van der Waals surface area contributed by atoms with Gasteiger partial charge in [-0.25, -0.2) is 4.68 Å². The average Bonchev–Trinajstić information content (AvgIpc) is 3.66. The summed E-state index contributed by atoms with van der Waals surface area (Å²) in [4.78, 5) is 48.1. The van der Waals surface area contributed by atoms with Gasteiger partial charge in [-0.3, -0.25) is 14.4 Å². The summed E-state index contributed by atoms with van der Waals surface area (Å²) in [5.41, 5.74) is 1.53. The predicted molar refractivity (Wildman–Crippen MR) is 159 cm³/mol. The number of nitrogens with zero attached hydrogens (tertiary/aromatic N) is 6. The molecule has 1 N–H and O–H groups in total. The third-order valence-corrected chi connectivity index (χ3v) is 10.9. The summed E-state index contributed by atoms with van der Waals surface area (Å²) in [6, 6.07) is 6.81. The van der Waals surface area contributed by atoms with Gasteiger partial charge in [0.25, 0.3) is 0 Å². The second kappa shape index (κ2) is 11.6. The van der Waals surface area contributed by atoms with E-state index < -0.39 is 27.4 Å². The molecule has 2 aromatic rings. The summed E-state index contributed by atoms with van der Waals surface area (Å²) in [7, 11) is 0. The molecular weight excluding hydrogens is 540 g/mol. The number of thioether (sulfide) groups is 1. The highest BCUT2D eigenvalue weighted by Crippen LogP contribution is 2.71. The lowest BCUT2D eigenvalue weighted by Gasteiger charge is -2.38. The molecule has 2 unspecified atom stereocenters. The Kier molecular flexibility index (Phi) is 8.29. The third kappa shape index (κ3) is 4.76.